The lowest BCUT2D eigenvalue weighted by molar-refractivity contribution is -0.127. The summed E-state index contributed by atoms with van der Waals surface area (Å²) in [4.78, 5) is 30.4. The number of hydrogen-bond acceptors (Lipinski definition) is 8. The van der Waals surface area contributed by atoms with Crippen LogP contribution in [0.3, 0.4) is 0 Å². The number of carbonyl (C=O) groups excluding carboxylic acids is 1. The molecule has 4 heterocycles. The SMILES string of the molecule is C[C@@H]1C[C@@H](N2Cc3cnc(Nc4ccc(CC(F)(F)F)cc4)nc3C2)CCN1C(=O)c1ccnc(NS(C)(=O)=O)c1. The van der Waals surface area contributed by atoms with E-state index in [1.54, 1.807) is 29.3 Å². The van der Waals surface area contributed by atoms with Crippen molar-refractivity contribution in [2.24, 2.45) is 0 Å². The molecule has 1 aromatic carbocycles. The van der Waals surface area contributed by atoms with Gasteiger partial charge in [-0.05, 0) is 49.6 Å². The largest absolute Gasteiger partial charge is 0.393 e. The van der Waals surface area contributed by atoms with Gasteiger partial charge in [0.05, 0.1) is 18.4 Å². The number of carbonyl (C=O) groups is 1. The van der Waals surface area contributed by atoms with Crippen LogP contribution in [0.4, 0.5) is 30.6 Å². The van der Waals surface area contributed by atoms with E-state index in [2.05, 4.69) is 29.9 Å². The fourth-order valence-electron chi connectivity index (χ4n) is 5.32. The number of hydrogen-bond donors (Lipinski definition) is 2. The Labute approximate surface area is 236 Å². The molecule has 0 unspecified atom stereocenters. The van der Waals surface area contributed by atoms with Crippen LogP contribution in [0.1, 0.15) is 46.9 Å². The molecule has 5 rings (SSSR count). The Morgan fingerprint density at radius 1 is 1.12 bits per heavy atom. The van der Waals surface area contributed by atoms with E-state index in [-0.39, 0.29) is 29.4 Å². The van der Waals surface area contributed by atoms with Crippen molar-refractivity contribution >= 4 is 33.4 Å². The summed E-state index contributed by atoms with van der Waals surface area (Å²) in [5.41, 5.74) is 3.07. The van der Waals surface area contributed by atoms with Gasteiger partial charge in [0, 0.05) is 60.9 Å². The highest BCUT2D eigenvalue weighted by molar-refractivity contribution is 7.92. The van der Waals surface area contributed by atoms with Gasteiger partial charge in [-0.2, -0.15) is 13.2 Å². The second-order valence-electron chi connectivity index (χ2n) is 10.5. The number of benzene rings is 1. The average Bonchev–Trinajstić information content (AvgIpc) is 3.31. The van der Waals surface area contributed by atoms with Crippen molar-refractivity contribution in [3.05, 3.63) is 71.2 Å². The number of pyridine rings is 1. The van der Waals surface area contributed by atoms with Gasteiger partial charge in [-0.25, -0.2) is 23.4 Å². The first-order valence-corrected chi connectivity index (χ1v) is 15.0. The van der Waals surface area contributed by atoms with Crippen molar-refractivity contribution in [1.82, 2.24) is 24.8 Å². The molecular formula is C27H30F3N7O3S. The summed E-state index contributed by atoms with van der Waals surface area (Å²) in [5, 5.41) is 3.07. The van der Waals surface area contributed by atoms with Crippen LogP contribution in [-0.4, -0.2) is 70.1 Å². The molecule has 2 aliphatic rings. The number of nitrogens with one attached hydrogen (secondary N) is 2. The Balaban J connectivity index is 1.18. The van der Waals surface area contributed by atoms with Crippen LogP contribution in [0.15, 0.2) is 48.8 Å². The number of piperidine rings is 1. The molecule has 2 atom stereocenters. The molecule has 2 N–H and O–H groups in total. The minimum atomic E-state index is -4.25. The number of rotatable bonds is 7. The summed E-state index contributed by atoms with van der Waals surface area (Å²) in [5.74, 6) is 0.307. The molecule has 10 nitrogen and oxygen atoms in total. The number of halogens is 3. The lowest BCUT2D eigenvalue weighted by atomic mass is 9.96. The number of alkyl halides is 3. The van der Waals surface area contributed by atoms with Crippen LogP contribution in [0.5, 0.6) is 0 Å². The van der Waals surface area contributed by atoms with Crippen molar-refractivity contribution in [3.63, 3.8) is 0 Å². The maximum atomic E-state index is 13.2. The van der Waals surface area contributed by atoms with Crippen molar-refractivity contribution in [1.29, 1.82) is 0 Å². The van der Waals surface area contributed by atoms with E-state index < -0.39 is 22.6 Å². The molecule has 0 bridgehead atoms. The standard InChI is InChI=1S/C27H30F3N7O3S/c1-17-11-22(8-10-37(17)25(38)19-7-9-31-24(12-19)35-41(2,39)40)36-15-20-14-32-26(34-23(20)16-36)33-21-5-3-18(4-6-21)13-27(28,29)30/h3-7,9,12,14,17,22H,8,10-11,13,15-16H2,1-2H3,(H,31,35)(H,32,33,34)/t17-,22+/m1/s1. The second kappa shape index (κ2) is 11.2. The topological polar surface area (TPSA) is 120 Å². The van der Waals surface area contributed by atoms with Gasteiger partial charge in [0.1, 0.15) is 5.82 Å². The fraction of sp³-hybridized carbons (Fsp3) is 0.407. The quantitative estimate of drug-likeness (QED) is 0.423. The van der Waals surface area contributed by atoms with Crippen LogP contribution < -0.4 is 10.0 Å². The molecule has 0 spiro atoms. The Hall–Kier alpha value is -3.78. The molecule has 0 radical (unpaired) electrons. The number of nitrogens with zero attached hydrogens (tertiary/aromatic N) is 5. The number of sulfonamides is 1. The molecule has 41 heavy (non-hydrogen) atoms. The highest BCUT2D eigenvalue weighted by Crippen LogP contribution is 2.31. The first-order chi connectivity index (χ1) is 19.3. The Bertz CT molecular complexity index is 1530. The van der Waals surface area contributed by atoms with Crippen molar-refractivity contribution in [2.45, 2.75) is 57.5 Å². The van der Waals surface area contributed by atoms with Gasteiger partial charge in [0.15, 0.2) is 0 Å². The van der Waals surface area contributed by atoms with Gasteiger partial charge < -0.3 is 10.2 Å². The monoisotopic (exact) mass is 589 g/mol. The number of likely N-dealkylation sites (tertiary alicyclic amines) is 1. The predicted molar refractivity (Wildman–Crippen MR) is 147 cm³/mol. The summed E-state index contributed by atoms with van der Waals surface area (Å²) < 4.78 is 63.2. The molecular weight excluding hydrogens is 559 g/mol. The molecule has 0 aliphatic carbocycles. The molecule has 0 saturated carbocycles. The smallest absolute Gasteiger partial charge is 0.336 e. The second-order valence-corrected chi connectivity index (χ2v) is 12.3. The van der Waals surface area contributed by atoms with Crippen LogP contribution in [0.2, 0.25) is 0 Å². The van der Waals surface area contributed by atoms with Gasteiger partial charge in [-0.15, -0.1) is 0 Å². The average molecular weight is 590 g/mol. The van der Waals surface area contributed by atoms with E-state index in [4.69, 9.17) is 0 Å². The van der Waals surface area contributed by atoms with E-state index in [1.807, 2.05) is 6.92 Å². The van der Waals surface area contributed by atoms with Crippen LogP contribution in [0.25, 0.3) is 0 Å². The van der Waals surface area contributed by atoms with Gasteiger partial charge >= 0.3 is 6.18 Å². The molecule has 218 valence electrons. The van der Waals surface area contributed by atoms with Gasteiger partial charge in [-0.1, -0.05) is 12.1 Å². The molecule has 3 aromatic rings. The van der Waals surface area contributed by atoms with Crippen molar-refractivity contribution in [2.75, 3.05) is 22.8 Å². The number of fused-ring (bicyclic) bond motifs is 1. The summed E-state index contributed by atoms with van der Waals surface area (Å²) >= 11 is 0. The minimum Gasteiger partial charge on any atom is -0.336 e. The summed E-state index contributed by atoms with van der Waals surface area (Å²) in [6.45, 7) is 3.88. The van der Waals surface area contributed by atoms with E-state index in [0.29, 0.717) is 36.8 Å². The number of aromatic nitrogens is 3. The van der Waals surface area contributed by atoms with E-state index in [0.717, 1.165) is 30.4 Å². The number of amides is 1. The van der Waals surface area contributed by atoms with E-state index in [1.165, 1.54) is 24.4 Å². The van der Waals surface area contributed by atoms with E-state index >= 15 is 0 Å². The third-order valence-electron chi connectivity index (χ3n) is 7.22. The predicted octanol–water partition coefficient (Wildman–Crippen LogP) is 4.10. The zero-order valence-corrected chi connectivity index (χ0v) is 23.3. The van der Waals surface area contributed by atoms with E-state index in [9.17, 15) is 26.4 Å². The minimum absolute atomic E-state index is 0.0342. The van der Waals surface area contributed by atoms with Gasteiger partial charge in [-0.3, -0.25) is 14.4 Å². The lowest BCUT2D eigenvalue weighted by Gasteiger charge is -2.41. The van der Waals surface area contributed by atoms with Gasteiger partial charge in [0.2, 0.25) is 16.0 Å². The first-order valence-electron chi connectivity index (χ1n) is 13.1. The first kappa shape index (κ1) is 28.7. The third kappa shape index (κ3) is 7.30. The van der Waals surface area contributed by atoms with Crippen LogP contribution in [-0.2, 0) is 29.5 Å². The number of anilines is 3. The lowest BCUT2D eigenvalue weighted by Crippen LogP contribution is -2.50. The Morgan fingerprint density at radius 3 is 2.56 bits per heavy atom. The zero-order chi connectivity index (χ0) is 29.4. The summed E-state index contributed by atoms with van der Waals surface area (Å²) in [7, 11) is -3.51. The molecule has 2 aliphatic heterocycles. The summed E-state index contributed by atoms with van der Waals surface area (Å²) in [6.07, 6.45) is 0.518. The van der Waals surface area contributed by atoms with Crippen molar-refractivity contribution in [3.8, 4) is 0 Å². The van der Waals surface area contributed by atoms with Crippen molar-refractivity contribution < 1.29 is 26.4 Å². The highest BCUT2D eigenvalue weighted by atomic mass is 32.2. The Morgan fingerprint density at radius 2 is 1.88 bits per heavy atom. The fourth-order valence-corrected chi connectivity index (χ4v) is 5.81. The van der Waals surface area contributed by atoms with Crippen LogP contribution >= 0.6 is 0 Å². The molecule has 14 heteroatoms. The molecule has 1 fully saturated rings. The molecule has 2 aromatic heterocycles. The maximum absolute atomic E-state index is 13.2. The van der Waals surface area contributed by atoms with Crippen LogP contribution in [0, 0.1) is 0 Å². The molecule has 1 saturated heterocycles. The zero-order valence-electron chi connectivity index (χ0n) is 22.5. The normalized spacial score (nSPS) is 19.6. The third-order valence-corrected chi connectivity index (χ3v) is 7.80. The highest BCUT2D eigenvalue weighted by Gasteiger charge is 2.35. The summed E-state index contributed by atoms with van der Waals surface area (Å²) in [6, 6.07) is 9.25. The molecule has 1 amide bonds. The Kier molecular flexibility index (Phi) is 7.88. The maximum Gasteiger partial charge on any atom is 0.393 e. The van der Waals surface area contributed by atoms with Gasteiger partial charge in [0.25, 0.3) is 5.91 Å².